The second-order valence-electron chi connectivity index (χ2n) is 8.36. The Bertz CT molecular complexity index is 1330. The molecule has 0 radical (unpaired) electrons. The first kappa shape index (κ1) is 20.0. The molecule has 0 bridgehead atoms. The third kappa shape index (κ3) is 2.47. The number of Topliss-reactive ketones (excluding diaryl/α,β-unsaturated/α-hetero) is 2. The van der Waals surface area contributed by atoms with Crippen LogP contribution in [0.25, 0.3) is 0 Å². The molecule has 1 aliphatic carbocycles. The zero-order valence-corrected chi connectivity index (χ0v) is 17.9. The van der Waals surface area contributed by atoms with Crippen LogP contribution in [0.2, 0.25) is 5.02 Å². The summed E-state index contributed by atoms with van der Waals surface area (Å²) in [5, 5.41) is 0.220. The average molecular weight is 458 g/mol. The number of amides is 2. The molecule has 3 aliphatic rings. The van der Waals surface area contributed by atoms with E-state index in [1.54, 1.807) is 72.8 Å². The number of imide groups is 1. The first-order valence-electron chi connectivity index (χ1n) is 10.5. The number of halogens is 1. The van der Waals surface area contributed by atoms with E-state index in [4.69, 9.17) is 16.3 Å². The molecule has 0 N–H and O–H groups in total. The van der Waals surface area contributed by atoms with E-state index in [-0.39, 0.29) is 21.8 Å². The van der Waals surface area contributed by atoms with Gasteiger partial charge in [0.25, 0.3) is 0 Å². The number of anilines is 1. The van der Waals surface area contributed by atoms with Crippen LogP contribution in [-0.4, -0.2) is 29.0 Å². The number of para-hydroxylation sites is 1. The Kier molecular flexibility index (Phi) is 4.21. The van der Waals surface area contributed by atoms with Gasteiger partial charge >= 0.3 is 0 Å². The van der Waals surface area contributed by atoms with Gasteiger partial charge in [0.1, 0.15) is 0 Å². The summed E-state index contributed by atoms with van der Waals surface area (Å²) in [7, 11) is 0. The summed E-state index contributed by atoms with van der Waals surface area (Å²) in [6.07, 6.45) is -0.942. The summed E-state index contributed by atoms with van der Waals surface area (Å²) < 4.78 is 6.22. The highest BCUT2D eigenvalue weighted by Gasteiger charge is 2.74. The van der Waals surface area contributed by atoms with Crippen LogP contribution < -0.4 is 4.90 Å². The molecule has 33 heavy (non-hydrogen) atoms. The first-order valence-corrected chi connectivity index (χ1v) is 10.9. The van der Waals surface area contributed by atoms with Crippen molar-refractivity contribution in [3.63, 3.8) is 0 Å². The molecular weight excluding hydrogens is 442 g/mol. The molecule has 162 valence electrons. The van der Waals surface area contributed by atoms with Gasteiger partial charge in [-0.05, 0) is 17.7 Å². The van der Waals surface area contributed by atoms with Gasteiger partial charge in [0.05, 0.1) is 28.6 Å². The molecule has 2 heterocycles. The number of benzene rings is 3. The summed E-state index contributed by atoms with van der Waals surface area (Å²) in [5.41, 5.74) is -0.848. The fourth-order valence-corrected chi connectivity index (χ4v) is 5.55. The summed E-state index contributed by atoms with van der Waals surface area (Å²) in [6.45, 7) is 0. The lowest BCUT2D eigenvalue weighted by Crippen LogP contribution is -2.51. The molecule has 3 aromatic rings. The van der Waals surface area contributed by atoms with Gasteiger partial charge in [-0.1, -0.05) is 78.3 Å². The number of nitrogens with zero attached hydrogens (tertiary/aromatic N) is 1. The Morgan fingerprint density at radius 2 is 1.30 bits per heavy atom. The molecule has 2 saturated heterocycles. The number of fused-ring (bicyclic) bond motifs is 3. The van der Waals surface area contributed by atoms with Gasteiger partial charge in [0.15, 0.2) is 0 Å². The minimum absolute atomic E-state index is 0.200. The van der Waals surface area contributed by atoms with E-state index in [0.29, 0.717) is 5.56 Å². The summed E-state index contributed by atoms with van der Waals surface area (Å²) >= 11 is 6.32. The molecular formula is C26H16ClNO5. The molecule has 1 spiro atoms. The Balaban J connectivity index is 1.57. The lowest BCUT2D eigenvalue weighted by molar-refractivity contribution is -0.127. The number of hydrogen-bond acceptors (Lipinski definition) is 5. The van der Waals surface area contributed by atoms with E-state index in [2.05, 4.69) is 0 Å². The zero-order chi connectivity index (χ0) is 22.9. The summed E-state index contributed by atoms with van der Waals surface area (Å²) in [4.78, 5) is 55.8. The Hall–Kier alpha value is -3.61. The predicted octanol–water partition coefficient (Wildman–Crippen LogP) is 4.04. The van der Waals surface area contributed by atoms with Crippen molar-refractivity contribution < 1.29 is 23.9 Å². The smallest absolute Gasteiger partial charge is 0.241 e. The number of ether oxygens (including phenoxy) is 1. The Morgan fingerprint density at radius 3 is 1.94 bits per heavy atom. The molecule has 0 aromatic heterocycles. The Morgan fingerprint density at radius 1 is 0.727 bits per heavy atom. The predicted molar refractivity (Wildman–Crippen MR) is 119 cm³/mol. The van der Waals surface area contributed by atoms with Crippen molar-refractivity contribution in [3.05, 3.63) is 101 Å². The number of hydrogen-bond donors (Lipinski definition) is 0. The lowest BCUT2D eigenvalue weighted by atomic mass is 9.77. The standard InChI is InChI=1S/C26H16ClNO5/c27-17-12-6-7-13-18(17)28-24(31)19-20(25(28)32)26(33-21(19)14-8-2-1-3-9-14)22(29)15-10-4-5-11-16(15)23(26)30/h1-13,19-21H. The molecule has 3 unspecified atom stereocenters. The van der Waals surface area contributed by atoms with E-state index in [9.17, 15) is 19.2 Å². The van der Waals surface area contributed by atoms with E-state index in [1.807, 2.05) is 6.07 Å². The van der Waals surface area contributed by atoms with Crippen molar-refractivity contribution in [1.82, 2.24) is 0 Å². The Labute approximate surface area is 193 Å². The van der Waals surface area contributed by atoms with Crippen LogP contribution >= 0.6 is 11.6 Å². The molecule has 7 heteroatoms. The maximum absolute atomic E-state index is 13.8. The largest absolute Gasteiger partial charge is 0.349 e. The van der Waals surface area contributed by atoms with Gasteiger partial charge in [-0.25, -0.2) is 4.90 Å². The van der Waals surface area contributed by atoms with Gasteiger partial charge in [0.2, 0.25) is 29.0 Å². The van der Waals surface area contributed by atoms with Crippen molar-refractivity contribution in [2.24, 2.45) is 11.8 Å². The summed E-state index contributed by atoms with van der Waals surface area (Å²) in [6, 6.07) is 21.8. The average Bonchev–Trinajstić information content (AvgIpc) is 3.40. The van der Waals surface area contributed by atoms with Gasteiger partial charge in [-0.2, -0.15) is 0 Å². The third-order valence-corrected chi connectivity index (χ3v) is 7.06. The summed E-state index contributed by atoms with van der Waals surface area (Å²) in [5.74, 6) is -4.71. The van der Waals surface area contributed by atoms with E-state index < -0.39 is 46.9 Å². The van der Waals surface area contributed by atoms with Crippen molar-refractivity contribution >= 4 is 40.7 Å². The van der Waals surface area contributed by atoms with Gasteiger partial charge in [-0.3, -0.25) is 19.2 Å². The number of carbonyl (C=O) groups excluding carboxylic acids is 4. The maximum atomic E-state index is 13.8. The second-order valence-corrected chi connectivity index (χ2v) is 8.76. The third-order valence-electron chi connectivity index (χ3n) is 6.74. The van der Waals surface area contributed by atoms with Crippen molar-refractivity contribution in [1.29, 1.82) is 0 Å². The van der Waals surface area contributed by atoms with Crippen LogP contribution in [0.1, 0.15) is 32.4 Å². The van der Waals surface area contributed by atoms with Crippen LogP contribution in [0.3, 0.4) is 0 Å². The maximum Gasteiger partial charge on any atom is 0.241 e. The highest BCUT2D eigenvalue weighted by atomic mass is 35.5. The van der Waals surface area contributed by atoms with Crippen molar-refractivity contribution in [3.8, 4) is 0 Å². The first-order chi connectivity index (χ1) is 16.0. The van der Waals surface area contributed by atoms with Crippen LogP contribution in [-0.2, 0) is 14.3 Å². The fraction of sp³-hybridized carbons (Fsp3) is 0.154. The normalized spacial score (nSPS) is 25.1. The number of ketones is 2. The molecule has 2 aliphatic heterocycles. The monoisotopic (exact) mass is 457 g/mol. The van der Waals surface area contributed by atoms with Gasteiger partial charge < -0.3 is 4.74 Å². The molecule has 0 saturated carbocycles. The quantitative estimate of drug-likeness (QED) is 0.428. The molecule has 3 aromatic carbocycles. The topological polar surface area (TPSA) is 80.8 Å². The molecule has 3 atom stereocenters. The number of rotatable bonds is 2. The van der Waals surface area contributed by atoms with Crippen molar-refractivity contribution in [2.75, 3.05) is 4.90 Å². The number of carbonyl (C=O) groups is 4. The van der Waals surface area contributed by atoms with Crippen molar-refractivity contribution in [2.45, 2.75) is 11.7 Å². The molecule has 2 fully saturated rings. The minimum atomic E-state index is -2.09. The van der Waals surface area contributed by atoms with Crippen LogP contribution in [0.4, 0.5) is 5.69 Å². The lowest BCUT2D eigenvalue weighted by Gasteiger charge is -2.27. The van der Waals surface area contributed by atoms with Gasteiger partial charge in [-0.15, -0.1) is 0 Å². The molecule has 2 amide bonds. The zero-order valence-electron chi connectivity index (χ0n) is 17.1. The SMILES string of the molecule is O=C1C2C(c3ccccc3)OC3(C(=O)c4ccccc4C3=O)C2C(=O)N1c1ccccc1Cl. The second kappa shape index (κ2) is 6.94. The van der Waals surface area contributed by atoms with Crippen LogP contribution in [0, 0.1) is 11.8 Å². The fourth-order valence-electron chi connectivity index (χ4n) is 5.33. The van der Waals surface area contributed by atoms with Crippen LogP contribution in [0.15, 0.2) is 78.9 Å². The molecule has 6 rings (SSSR count). The highest BCUT2D eigenvalue weighted by Crippen LogP contribution is 2.58. The molecule has 6 nitrogen and oxygen atoms in total. The van der Waals surface area contributed by atoms with E-state index >= 15 is 0 Å². The van der Waals surface area contributed by atoms with E-state index in [1.165, 1.54) is 0 Å². The highest BCUT2D eigenvalue weighted by molar-refractivity contribution is 6.39. The van der Waals surface area contributed by atoms with Crippen LogP contribution in [0.5, 0.6) is 0 Å². The minimum Gasteiger partial charge on any atom is -0.349 e. The van der Waals surface area contributed by atoms with Gasteiger partial charge in [0, 0.05) is 11.1 Å². The van der Waals surface area contributed by atoms with E-state index in [0.717, 1.165) is 4.90 Å².